The summed E-state index contributed by atoms with van der Waals surface area (Å²) in [5, 5.41) is 0.976. The summed E-state index contributed by atoms with van der Waals surface area (Å²) >= 11 is 0. The number of ether oxygens (including phenoxy) is 2. The van der Waals surface area contributed by atoms with Gasteiger partial charge in [-0.25, -0.2) is 0 Å². The Balaban J connectivity index is 1.32. The predicted molar refractivity (Wildman–Crippen MR) is 162 cm³/mol. The number of aromatic amines is 1. The molecule has 1 N–H and O–H groups in total. The van der Waals surface area contributed by atoms with Crippen LogP contribution in [-0.4, -0.2) is 18.7 Å². The van der Waals surface area contributed by atoms with Crippen LogP contribution in [0.1, 0.15) is 110 Å². The fourth-order valence-electron chi connectivity index (χ4n) is 5.24. The van der Waals surface area contributed by atoms with Crippen molar-refractivity contribution in [2.75, 3.05) is 13.7 Å². The third-order valence-corrected chi connectivity index (χ3v) is 7.48. The van der Waals surface area contributed by atoms with Gasteiger partial charge in [0.25, 0.3) is 0 Å². The summed E-state index contributed by atoms with van der Waals surface area (Å²) in [5.41, 5.74) is 2.46. The fraction of sp³-hybridized carbons (Fsp3) is 0.559. The van der Waals surface area contributed by atoms with E-state index in [0.29, 0.717) is 6.61 Å². The van der Waals surface area contributed by atoms with Crippen LogP contribution in [0.5, 0.6) is 11.5 Å². The number of rotatable bonds is 20. The first-order valence-electron chi connectivity index (χ1n) is 15.2. The van der Waals surface area contributed by atoms with Crippen molar-refractivity contribution < 1.29 is 9.47 Å². The van der Waals surface area contributed by atoms with Crippen molar-refractivity contribution in [1.29, 1.82) is 0 Å². The van der Waals surface area contributed by atoms with Crippen LogP contribution in [0.15, 0.2) is 53.3 Å². The number of pyridine rings is 1. The number of hydrogen-bond donors (Lipinski definition) is 1. The molecular formula is C34H49NO3. The second kappa shape index (κ2) is 17.7. The Morgan fingerprint density at radius 1 is 0.658 bits per heavy atom. The van der Waals surface area contributed by atoms with Crippen LogP contribution < -0.4 is 15.0 Å². The minimum absolute atomic E-state index is 0.131. The minimum atomic E-state index is -0.131. The summed E-state index contributed by atoms with van der Waals surface area (Å²) in [6.45, 7) is 2.98. The van der Waals surface area contributed by atoms with Gasteiger partial charge < -0.3 is 14.5 Å². The summed E-state index contributed by atoms with van der Waals surface area (Å²) in [6, 6.07) is 15.4. The number of nitrogens with one attached hydrogen (secondary N) is 1. The molecule has 0 fully saturated rings. The van der Waals surface area contributed by atoms with Gasteiger partial charge in [0.05, 0.1) is 19.2 Å². The molecular weight excluding hydrogens is 470 g/mol. The zero-order chi connectivity index (χ0) is 26.8. The van der Waals surface area contributed by atoms with Crippen LogP contribution >= 0.6 is 0 Å². The van der Waals surface area contributed by atoms with Gasteiger partial charge in [-0.2, -0.15) is 0 Å². The second-order valence-corrected chi connectivity index (χ2v) is 10.6. The van der Waals surface area contributed by atoms with Gasteiger partial charge in [-0.3, -0.25) is 4.79 Å². The largest absolute Gasteiger partial charge is 0.497 e. The maximum atomic E-state index is 12.4. The summed E-state index contributed by atoms with van der Waals surface area (Å²) in [7, 11) is 1.63. The molecule has 1 heterocycles. The van der Waals surface area contributed by atoms with Crippen LogP contribution in [0.2, 0.25) is 0 Å². The van der Waals surface area contributed by atoms with E-state index in [-0.39, 0.29) is 5.56 Å². The van der Waals surface area contributed by atoms with Crippen molar-refractivity contribution in [3.63, 3.8) is 0 Å². The van der Waals surface area contributed by atoms with Gasteiger partial charge in [-0.1, -0.05) is 121 Å². The standard InChI is InChI=1S/C34H49NO3/c1-3-4-5-6-7-8-9-10-11-12-13-14-15-16-17-20-25-38-33-22-19-18-21-30(33)31-27-34(36)35-32-26-28(37-2)23-24-29(31)32/h18-19,21-24,26-27H,3-17,20,25H2,1-2H3,(H,35,36). The molecule has 0 bridgehead atoms. The van der Waals surface area contributed by atoms with Crippen LogP contribution in [-0.2, 0) is 0 Å². The number of H-pyrrole nitrogens is 1. The van der Waals surface area contributed by atoms with Gasteiger partial charge in [-0.05, 0) is 24.6 Å². The lowest BCUT2D eigenvalue weighted by Gasteiger charge is -2.14. The van der Waals surface area contributed by atoms with E-state index < -0.39 is 0 Å². The molecule has 2 aromatic carbocycles. The lowest BCUT2D eigenvalue weighted by molar-refractivity contribution is 0.305. The summed E-state index contributed by atoms with van der Waals surface area (Å²) in [6.07, 6.45) is 21.8. The second-order valence-electron chi connectivity index (χ2n) is 10.6. The number of unbranched alkanes of at least 4 members (excludes halogenated alkanes) is 15. The molecule has 0 aliphatic heterocycles. The SMILES string of the molecule is CCCCCCCCCCCCCCCCCCOc1ccccc1-c1cc(=O)[nH]c2cc(OC)ccc12. The highest BCUT2D eigenvalue weighted by atomic mass is 16.5. The molecule has 4 heteroatoms. The Kier molecular flexibility index (Phi) is 13.9. The third-order valence-electron chi connectivity index (χ3n) is 7.48. The molecule has 0 saturated carbocycles. The van der Waals surface area contributed by atoms with Gasteiger partial charge in [0.2, 0.25) is 5.56 Å². The summed E-state index contributed by atoms with van der Waals surface area (Å²) in [4.78, 5) is 15.3. The van der Waals surface area contributed by atoms with Gasteiger partial charge in [-0.15, -0.1) is 0 Å². The van der Waals surface area contributed by atoms with Gasteiger partial charge in [0, 0.05) is 28.6 Å². The Bertz CT molecular complexity index is 1120. The molecule has 0 amide bonds. The number of fused-ring (bicyclic) bond motifs is 1. The Morgan fingerprint density at radius 2 is 1.24 bits per heavy atom. The average Bonchev–Trinajstić information content (AvgIpc) is 2.94. The van der Waals surface area contributed by atoms with Gasteiger partial charge in [0.15, 0.2) is 0 Å². The van der Waals surface area contributed by atoms with Crippen LogP contribution in [0, 0.1) is 0 Å². The molecule has 0 aliphatic rings. The van der Waals surface area contributed by atoms with E-state index in [9.17, 15) is 4.79 Å². The Morgan fingerprint density at radius 3 is 1.84 bits per heavy atom. The highest BCUT2D eigenvalue weighted by molar-refractivity contribution is 5.96. The van der Waals surface area contributed by atoms with E-state index in [4.69, 9.17) is 9.47 Å². The Hall–Kier alpha value is -2.75. The fourth-order valence-corrected chi connectivity index (χ4v) is 5.24. The van der Waals surface area contributed by atoms with Gasteiger partial charge >= 0.3 is 0 Å². The van der Waals surface area contributed by atoms with E-state index >= 15 is 0 Å². The molecule has 0 spiro atoms. The smallest absolute Gasteiger partial charge is 0.249 e. The number of benzene rings is 2. The maximum absolute atomic E-state index is 12.4. The molecule has 0 radical (unpaired) electrons. The molecule has 0 saturated heterocycles. The van der Waals surface area contributed by atoms with E-state index in [1.165, 1.54) is 96.3 Å². The molecule has 0 aliphatic carbocycles. The lowest BCUT2D eigenvalue weighted by Crippen LogP contribution is -2.06. The first-order valence-corrected chi connectivity index (χ1v) is 15.2. The summed E-state index contributed by atoms with van der Waals surface area (Å²) < 4.78 is 11.5. The minimum Gasteiger partial charge on any atom is -0.497 e. The van der Waals surface area contributed by atoms with E-state index in [0.717, 1.165) is 39.9 Å². The number of methoxy groups -OCH3 is 1. The predicted octanol–water partition coefficient (Wildman–Crippen LogP) is 9.84. The number of para-hydroxylation sites is 1. The first-order chi connectivity index (χ1) is 18.7. The zero-order valence-electron chi connectivity index (χ0n) is 23.9. The molecule has 4 nitrogen and oxygen atoms in total. The van der Waals surface area contributed by atoms with Crippen LogP contribution in [0.3, 0.4) is 0 Å². The molecule has 1 aromatic heterocycles. The van der Waals surface area contributed by atoms with Crippen molar-refractivity contribution in [2.45, 2.75) is 110 Å². The topological polar surface area (TPSA) is 51.3 Å². The molecule has 3 aromatic rings. The number of hydrogen-bond acceptors (Lipinski definition) is 3. The molecule has 3 rings (SSSR count). The third kappa shape index (κ3) is 10.2. The molecule has 208 valence electrons. The quantitative estimate of drug-likeness (QED) is 0.151. The van der Waals surface area contributed by atoms with Crippen molar-refractivity contribution in [2.24, 2.45) is 0 Å². The van der Waals surface area contributed by atoms with E-state index in [1.807, 2.05) is 42.5 Å². The Labute approximate surface area is 230 Å². The average molecular weight is 520 g/mol. The van der Waals surface area contributed by atoms with Crippen LogP contribution in [0.25, 0.3) is 22.0 Å². The summed E-state index contributed by atoms with van der Waals surface area (Å²) in [5.74, 6) is 1.55. The number of aromatic nitrogens is 1. The molecule has 0 unspecified atom stereocenters. The van der Waals surface area contributed by atoms with Crippen LogP contribution in [0.4, 0.5) is 0 Å². The van der Waals surface area contributed by atoms with E-state index in [1.54, 1.807) is 13.2 Å². The molecule has 38 heavy (non-hydrogen) atoms. The van der Waals surface area contributed by atoms with Crippen molar-refractivity contribution >= 4 is 10.9 Å². The monoisotopic (exact) mass is 519 g/mol. The maximum Gasteiger partial charge on any atom is 0.249 e. The van der Waals surface area contributed by atoms with Crippen molar-refractivity contribution in [3.05, 3.63) is 58.9 Å². The van der Waals surface area contributed by atoms with Gasteiger partial charge in [0.1, 0.15) is 11.5 Å². The van der Waals surface area contributed by atoms with Crippen molar-refractivity contribution in [1.82, 2.24) is 4.98 Å². The van der Waals surface area contributed by atoms with E-state index in [2.05, 4.69) is 11.9 Å². The lowest BCUT2D eigenvalue weighted by atomic mass is 10.0. The zero-order valence-corrected chi connectivity index (χ0v) is 23.9. The normalized spacial score (nSPS) is 11.2. The van der Waals surface area contributed by atoms with Crippen molar-refractivity contribution in [3.8, 4) is 22.6 Å². The highest BCUT2D eigenvalue weighted by Crippen LogP contribution is 2.34. The molecule has 0 atom stereocenters. The highest BCUT2D eigenvalue weighted by Gasteiger charge is 2.12. The first kappa shape index (κ1) is 29.8.